The summed E-state index contributed by atoms with van der Waals surface area (Å²) in [5, 5.41) is 13.0. The van der Waals surface area contributed by atoms with E-state index in [-0.39, 0.29) is 6.03 Å². The summed E-state index contributed by atoms with van der Waals surface area (Å²) in [6.45, 7) is 0. The highest BCUT2D eigenvalue weighted by Gasteiger charge is 2.17. The van der Waals surface area contributed by atoms with Crippen molar-refractivity contribution in [3.8, 4) is 33.8 Å². The van der Waals surface area contributed by atoms with Crippen LogP contribution in [0.3, 0.4) is 0 Å². The molecule has 2 aromatic heterocycles. The molecule has 7 heteroatoms. The van der Waals surface area contributed by atoms with Crippen molar-refractivity contribution in [2.75, 3.05) is 10.6 Å². The van der Waals surface area contributed by atoms with E-state index >= 15 is 0 Å². The summed E-state index contributed by atoms with van der Waals surface area (Å²) in [5.74, 6) is 0.471. The van der Waals surface area contributed by atoms with E-state index < -0.39 is 0 Å². The van der Waals surface area contributed by atoms with Crippen molar-refractivity contribution in [2.24, 2.45) is 0 Å². The molecular formula is C29H21N5O2. The molecule has 0 bridgehead atoms. The fourth-order valence-electron chi connectivity index (χ4n) is 4.09. The van der Waals surface area contributed by atoms with E-state index in [0.29, 0.717) is 22.8 Å². The lowest BCUT2D eigenvalue weighted by Crippen LogP contribution is -2.19. The average Bonchev–Trinajstić information content (AvgIpc) is 3.57. The lowest BCUT2D eigenvalue weighted by Gasteiger charge is -2.09. The summed E-state index contributed by atoms with van der Waals surface area (Å²) in [5.41, 5.74) is 7.34. The van der Waals surface area contributed by atoms with Gasteiger partial charge in [0.05, 0.1) is 17.5 Å². The minimum atomic E-state index is -0.323. The Morgan fingerprint density at radius 2 is 1.44 bits per heavy atom. The summed E-state index contributed by atoms with van der Waals surface area (Å²) in [7, 11) is 0. The van der Waals surface area contributed by atoms with Gasteiger partial charge in [-0.15, -0.1) is 0 Å². The highest BCUT2D eigenvalue weighted by molar-refractivity contribution is 6.00. The zero-order chi connectivity index (χ0) is 24.3. The number of benzene rings is 4. The molecule has 0 aliphatic carbocycles. The minimum absolute atomic E-state index is 0.323. The Labute approximate surface area is 206 Å². The van der Waals surface area contributed by atoms with E-state index in [0.717, 1.165) is 33.5 Å². The molecule has 3 N–H and O–H groups in total. The van der Waals surface area contributed by atoms with Crippen molar-refractivity contribution in [3.63, 3.8) is 0 Å². The molecule has 0 spiro atoms. The average molecular weight is 472 g/mol. The summed E-state index contributed by atoms with van der Waals surface area (Å²) in [6, 6.07) is 32.6. The number of hydrogen-bond acceptors (Lipinski definition) is 4. The van der Waals surface area contributed by atoms with E-state index in [2.05, 4.69) is 33.0 Å². The number of nitrogens with one attached hydrogen (secondary N) is 3. The zero-order valence-corrected chi connectivity index (χ0v) is 19.1. The van der Waals surface area contributed by atoms with Gasteiger partial charge in [0.25, 0.3) is 0 Å². The van der Waals surface area contributed by atoms with Gasteiger partial charge in [0, 0.05) is 16.9 Å². The standard InChI is InChI=1S/C29H21N5O2/c35-29(31-22-11-5-2-6-12-22)32-23-13-7-10-21(16-23)27-24(18-30-34-27)28-33-25-17-20(14-15-26(25)36-28)19-8-3-1-4-9-19/h1-18H,(H,30,34)(H2,31,32,35). The van der Waals surface area contributed by atoms with Gasteiger partial charge in [-0.2, -0.15) is 5.10 Å². The van der Waals surface area contributed by atoms with Crippen LogP contribution in [0.25, 0.3) is 44.9 Å². The van der Waals surface area contributed by atoms with Crippen LogP contribution in [0, 0.1) is 0 Å². The number of carbonyl (C=O) groups excluding carboxylic acids is 1. The third kappa shape index (κ3) is 4.33. The topological polar surface area (TPSA) is 95.8 Å². The van der Waals surface area contributed by atoms with Crippen LogP contribution < -0.4 is 10.6 Å². The largest absolute Gasteiger partial charge is 0.436 e. The number of urea groups is 1. The molecule has 7 nitrogen and oxygen atoms in total. The first-order valence-electron chi connectivity index (χ1n) is 11.5. The van der Waals surface area contributed by atoms with Crippen LogP contribution in [0.1, 0.15) is 0 Å². The number of anilines is 2. The zero-order valence-electron chi connectivity index (χ0n) is 19.1. The maximum absolute atomic E-state index is 12.4. The Hall–Kier alpha value is -5.17. The molecule has 4 aromatic carbocycles. The Bertz CT molecular complexity index is 1660. The smallest absolute Gasteiger partial charge is 0.323 e. The van der Waals surface area contributed by atoms with Crippen molar-refractivity contribution < 1.29 is 9.21 Å². The molecule has 0 aliphatic rings. The van der Waals surface area contributed by atoms with Crippen LogP contribution in [0.5, 0.6) is 0 Å². The number of fused-ring (bicyclic) bond motifs is 1. The van der Waals surface area contributed by atoms with E-state index in [9.17, 15) is 4.79 Å². The molecule has 6 aromatic rings. The third-order valence-corrected chi connectivity index (χ3v) is 5.81. The number of amides is 2. The number of nitrogens with zero attached hydrogens (tertiary/aromatic N) is 2. The van der Waals surface area contributed by atoms with Crippen molar-refractivity contribution in [1.29, 1.82) is 0 Å². The molecule has 0 unspecified atom stereocenters. The molecule has 2 heterocycles. The van der Waals surface area contributed by atoms with E-state index in [1.807, 2.05) is 91.0 Å². The molecule has 0 aliphatic heterocycles. The lowest BCUT2D eigenvalue weighted by atomic mass is 10.1. The summed E-state index contributed by atoms with van der Waals surface area (Å²) in [6.07, 6.45) is 1.69. The summed E-state index contributed by atoms with van der Waals surface area (Å²) < 4.78 is 6.08. The Kier molecular flexibility index (Phi) is 5.48. The van der Waals surface area contributed by atoms with Crippen LogP contribution in [-0.2, 0) is 0 Å². The monoisotopic (exact) mass is 471 g/mol. The highest BCUT2D eigenvalue weighted by atomic mass is 16.3. The molecule has 0 radical (unpaired) electrons. The first kappa shape index (κ1) is 21.4. The second kappa shape index (κ2) is 9.23. The second-order valence-electron chi connectivity index (χ2n) is 8.25. The number of aromatic nitrogens is 3. The molecular weight excluding hydrogens is 450 g/mol. The Balaban J connectivity index is 1.27. The predicted molar refractivity (Wildman–Crippen MR) is 142 cm³/mol. The van der Waals surface area contributed by atoms with Gasteiger partial charge in [0.15, 0.2) is 5.58 Å². The van der Waals surface area contributed by atoms with Crippen LogP contribution >= 0.6 is 0 Å². The Morgan fingerprint density at radius 1 is 0.722 bits per heavy atom. The molecule has 6 rings (SSSR count). The van der Waals surface area contributed by atoms with Gasteiger partial charge in [-0.1, -0.05) is 66.7 Å². The maximum Gasteiger partial charge on any atom is 0.323 e. The van der Waals surface area contributed by atoms with Crippen molar-refractivity contribution in [2.45, 2.75) is 0 Å². The first-order chi connectivity index (χ1) is 17.7. The third-order valence-electron chi connectivity index (χ3n) is 5.81. The number of rotatable bonds is 5. The number of aromatic amines is 1. The predicted octanol–water partition coefficient (Wildman–Crippen LogP) is 7.20. The van der Waals surface area contributed by atoms with Crippen LogP contribution in [0.4, 0.5) is 16.2 Å². The molecule has 0 atom stereocenters. The first-order valence-corrected chi connectivity index (χ1v) is 11.5. The molecule has 0 saturated heterocycles. The highest BCUT2D eigenvalue weighted by Crippen LogP contribution is 2.34. The van der Waals surface area contributed by atoms with Gasteiger partial charge >= 0.3 is 6.03 Å². The Morgan fingerprint density at radius 3 is 2.28 bits per heavy atom. The molecule has 2 amide bonds. The lowest BCUT2D eigenvalue weighted by molar-refractivity contribution is 0.262. The van der Waals surface area contributed by atoms with E-state index in [1.54, 1.807) is 6.20 Å². The fourth-order valence-corrected chi connectivity index (χ4v) is 4.09. The van der Waals surface area contributed by atoms with Crippen LogP contribution in [-0.4, -0.2) is 21.2 Å². The van der Waals surface area contributed by atoms with E-state index in [1.165, 1.54) is 0 Å². The van der Waals surface area contributed by atoms with Crippen molar-refractivity contribution in [3.05, 3.63) is 109 Å². The van der Waals surface area contributed by atoms with Gasteiger partial charge in [0.1, 0.15) is 5.52 Å². The van der Waals surface area contributed by atoms with Crippen molar-refractivity contribution in [1.82, 2.24) is 15.2 Å². The van der Waals surface area contributed by atoms with Gasteiger partial charge in [0.2, 0.25) is 5.89 Å². The van der Waals surface area contributed by atoms with Gasteiger partial charge in [-0.25, -0.2) is 9.78 Å². The van der Waals surface area contributed by atoms with E-state index in [4.69, 9.17) is 9.40 Å². The quantitative estimate of drug-likeness (QED) is 0.248. The number of H-pyrrole nitrogens is 1. The van der Waals surface area contributed by atoms with Gasteiger partial charge < -0.3 is 15.1 Å². The number of para-hydroxylation sites is 1. The molecule has 0 saturated carbocycles. The normalized spacial score (nSPS) is 10.9. The number of oxazole rings is 1. The summed E-state index contributed by atoms with van der Waals surface area (Å²) >= 11 is 0. The summed E-state index contributed by atoms with van der Waals surface area (Å²) in [4.78, 5) is 17.2. The second-order valence-corrected chi connectivity index (χ2v) is 8.25. The molecule has 36 heavy (non-hydrogen) atoms. The fraction of sp³-hybridized carbons (Fsp3) is 0. The van der Waals surface area contributed by atoms with Gasteiger partial charge in [-0.3, -0.25) is 5.10 Å². The molecule has 174 valence electrons. The van der Waals surface area contributed by atoms with Crippen LogP contribution in [0.2, 0.25) is 0 Å². The SMILES string of the molecule is O=C(Nc1ccccc1)Nc1cccc(-c2[nH]ncc2-c2nc3cc(-c4ccccc4)ccc3o2)c1. The van der Waals surface area contributed by atoms with Crippen LogP contribution in [0.15, 0.2) is 114 Å². The minimum Gasteiger partial charge on any atom is -0.436 e. The number of hydrogen-bond donors (Lipinski definition) is 3. The van der Waals surface area contributed by atoms with Crippen molar-refractivity contribution >= 4 is 28.5 Å². The number of carbonyl (C=O) groups is 1. The maximum atomic E-state index is 12.4. The van der Waals surface area contributed by atoms with Gasteiger partial charge in [-0.05, 0) is 47.5 Å². The molecule has 0 fully saturated rings.